The Labute approximate surface area is 173 Å². The number of halogens is 1. The Hall–Kier alpha value is -2.50. The lowest BCUT2D eigenvalue weighted by atomic mass is 10.1. The third-order valence-corrected chi connectivity index (χ3v) is 5.47. The van der Waals surface area contributed by atoms with Gasteiger partial charge < -0.3 is 10.1 Å². The molecule has 0 aliphatic heterocycles. The molecule has 0 bridgehead atoms. The van der Waals surface area contributed by atoms with Crippen LogP contribution in [-0.2, 0) is 14.3 Å². The van der Waals surface area contributed by atoms with E-state index in [4.69, 9.17) is 16.3 Å². The lowest BCUT2D eigenvalue weighted by Crippen LogP contribution is -2.30. The van der Waals surface area contributed by atoms with E-state index in [9.17, 15) is 9.59 Å². The first-order valence-electron chi connectivity index (χ1n) is 8.81. The van der Waals surface area contributed by atoms with E-state index in [1.54, 1.807) is 13.0 Å². The minimum Gasteiger partial charge on any atom is -0.452 e. The molecular weight excluding hydrogens is 394 g/mol. The van der Waals surface area contributed by atoms with Crippen LogP contribution in [0.1, 0.15) is 12.5 Å². The van der Waals surface area contributed by atoms with Crippen molar-refractivity contribution in [3.63, 3.8) is 0 Å². The van der Waals surface area contributed by atoms with Crippen LogP contribution in [0.25, 0.3) is 10.8 Å². The molecule has 1 N–H and O–H groups in total. The fourth-order valence-electron chi connectivity index (χ4n) is 2.77. The van der Waals surface area contributed by atoms with E-state index in [1.807, 2.05) is 61.5 Å². The second kappa shape index (κ2) is 9.13. The van der Waals surface area contributed by atoms with E-state index in [0.29, 0.717) is 10.7 Å². The number of aryl methyl sites for hydroxylation is 1. The lowest BCUT2D eigenvalue weighted by Gasteiger charge is -2.14. The number of ether oxygens (including phenoxy) is 1. The van der Waals surface area contributed by atoms with E-state index in [-0.39, 0.29) is 11.7 Å². The van der Waals surface area contributed by atoms with Crippen LogP contribution in [0, 0.1) is 6.92 Å². The van der Waals surface area contributed by atoms with Crippen molar-refractivity contribution in [2.45, 2.75) is 24.8 Å². The number of anilines is 1. The molecule has 0 fully saturated rings. The first-order chi connectivity index (χ1) is 13.4. The highest BCUT2D eigenvalue weighted by Gasteiger charge is 2.18. The lowest BCUT2D eigenvalue weighted by molar-refractivity contribution is -0.150. The fourth-order valence-corrected chi connectivity index (χ4v) is 4.00. The molecule has 144 valence electrons. The van der Waals surface area contributed by atoms with Gasteiger partial charge in [-0.3, -0.25) is 9.59 Å². The zero-order valence-electron chi connectivity index (χ0n) is 15.6. The number of benzene rings is 3. The first kappa shape index (κ1) is 20.2. The molecule has 1 amide bonds. The Morgan fingerprint density at radius 2 is 1.82 bits per heavy atom. The van der Waals surface area contributed by atoms with E-state index < -0.39 is 12.1 Å². The predicted molar refractivity (Wildman–Crippen MR) is 115 cm³/mol. The monoisotopic (exact) mass is 413 g/mol. The molecule has 0 aromatic heterocycles. The quantitative estimate of drug-likeness (QED) is 0.430. The summed E-state index contributed by atoms with van der Waals surface area (Å²) in [6.45, 7) is 3.50. The maximum absolute atomic E-state index is 12.2. The highest BCUT2D eigenvalue weighted by Crippen LogP contribution is 2.33. The molecule has 3 aromatic carbocycles. The van der Waals surface area contributed by atoms with E-state index in [1.165, 1.54) is 11.8 Å². The summed E-state index contributed by atoms with van der Waals surface area (Å²) in [5.74, 6) is -0.732. The summed E-state index contributed by atoms with van der Waals surface area (Å²) < 4.78 is 5.27. The molecule has 0 saturated carbocycles. The van der Waals surface area contributed by atoms with Crippen molar-refractivity contribution in [1.29, 1.82) is 0 Å². The van der Waals surface area contributed by atoms with Gasteiger partial charge in [-0.05, 0) is 49.1 Å². The number of carbonyl (C=O) groups excluding carboxylic acids is 2. The molecular formula is C22H20ClNO3S. The highest BCUT2D eigenvalue weighted by molar-refractivity contribution is 8.00. The van der Waals surface area contributed by atoms with Gasteiger partial charge in [0.1, 0.15) is 0 Å². The average Bonchev–Trinajstić information content (AvgIpc) is 2.66. The minimum absolute atomic E-state index is 0.0897. The van der Waals surface area contributed by atoms with Crippen molar-refractivity contribution in [2.75, 3.05) is 11.1 Å². The van der Waals surface area contributed by atoms with Gasteiger partial charge in [0.05, 0.1) is 5.75 Å². The molecule has 0 aliphatic rings. The Balaban J connectivity index is 1.58. The van der Waals surface area contributed by atoms with Gasteiger partial charge in [-0.2, -0.15) is 0 Å². The molecule has 4 nitrogen and oxygen atoms in total. The minimum atomic E-state index is -0.885. The van der Waals surface area contributed by atoms with E-state index >= 15 is 0 Å². The number of fused-ring (bicyclic) bond motifs is 1. The maximum Gasteiger partial charge on any atom is 0.317 e. The Morgan fingerprint density at radius 1 is 1.11 bits per heavy atom. The smallest absolute Gasteiger partial charge is 0.317 e. The zero-order valence-corrected chi connectivity index (χ0v) is 17.1. The van der Waals surface area contributed by atoms with Gasteiger partial charge in [0, 0.05) is 21.0 Å². The van der Waals surface area contributed by atoms with Gasteiger partial charge in [-0.25, -0.2) is 0 Å². The summed E-state index contributed by atoms with van der Waals surface area (Å²) in [6, 6.07) is 18.9. The second-order valence-electron chi connectivity index (χ2n) is 6.37. The van der Waals surface area contributed by atoms with Crippen LogP contribution in [0.15, 0.2) is 65.6 Å². The summed E-state index contributed by atoms with van der Waals surface area (Å²) in [5.41, 5.74) is 1.71. The normalized spacial score (nSPS) is 11.8. The van der Waals surface area contributed by atoms with Crippen LogP contribution >= 0.6 is 23.4 Å². The maximum atomic E-state index is 12.2. The number of nitrogens with one attached hydrogen (secondary N) is 1. The topological polar surface area (TPSA) is 55.4 Å². The summed E-state index contributed by atoms with van der Waals surface area (Å²) in [5, 5.41) is 5.31. The van der Waals surface area contributed by atoms with Gasteiger partial charge in [-0.15, -0.1) is 11.8 Å². The van der Waals surface area contributed by atoms with Crippen molar-refractivity contribution in [3.8, 4) is 0 Å². The largest absolute Gasteiger partial charge is 0.452 e. The number of hydrogen-bond donors (Lipinski definition) is 1. The average molecular weight is 414 g/mol. The number of rotatable bonds is 6. The SMILES string of the molecule is Cc1cccc(NC(=O)[C@H](C)OC(=O)CSc2cccc3cccc(Cl)c23)c1. The Kier molecular flexibility index (Phi) is 6.60. The van der Waals surface area contributed by atoms with Crippen molar-refractivity contribution >= 4 is 51.7 Å². The zero-order chi connectivity index (χ0) is 20.1. The van der Waals surface area contributed by atoms with E-state index in [0.717, 1.165) is 21.2 Å². The third kappa shape index (κ3) is 5.06. The van der Waals surface area contributed by atoms with Crippen LogP contribution < -0.4 is 5.32 Å². The molecule has 0 aliphatic carbocycles. The summed E-state index contributed by atoms with van der Waals surface area (Å²) >= 11 is 7.65. The van der Waals surface area contributed by atoms with Crippen molar-refractivity contribution in [3.05, 3.63) is 71.2 Å². The number of thioether (sulfide) groups is 1. The highest BCUT2D eigenvalue weighted by atomic mass is 35.5. The van der Waals surface area contributed by atoms with Crippen LogP contribution in [0.5, 0.6) is 0 Å². The van der Waals surface area contributed by atoms with E-state index in [2.05, 4.69) is 5.32 Å². The van der Waals surface area contributed by atoms with Crippen molar-refractivity contribution in [1.82, 2.24) is 0 Å². The summed E-state index contributed by atoms with van der Waals surface area (Å²) in [6.07, 6.45) is -0.885. The Bertz CT molecular complexity index is 1020. The standard InChI is InChI=1S/C22H20ClNO3S/c1-14-6-3-9-17(12-14)24-22(26)15(2)27-20(25)13-28-19-11-5-8-16-7-4-10-18(23)21(16)19/h3-12,15H,13H2,1-2H3,(H,24,26)/t15-/m0/s1. The molecule has 3 rings (SSSR count). The number of amides is 1. The van der Waals surface area contributed by atoms with Crippen LogP contribution in [0.3, 0.4) is 0 Å². The molecule has 1 atom stereocenters. The molecule has 0 heterocycles. The summed E-state index contributed by atoms with van der Waals surface area (Å²) in [7, 11) is 0. The Morgan fingerprint density at radius 3 is 2.57 bits per heavy atom. The molecule has 28 heavy (non-hydrogen) atoms. The molecule has 0 unspecified atom stereocenters. The predicted octanol–water partition coefficient (Wildman–Crippen LogP) is 5.46. The van der Waals surface area contributed by atoms with Crippen LogP contribution in [0.2, 0.25) is 5.02 Å². The van der Waals surface area contributed by atoms with Gasteiger partial charge in [0.2, 0.25) is 0 Å². The van der Waals surface area contributed by atoms with Crippen molar-refractivity contribution in [2.24, 2.45) is 0 Å². The summed E-state index contributed by atoms with van der Waals surface area (Å²) in [4.78, 5) is 25.3. The second-order valence-corrected chi connectivity index (χ2v) is 7.80. The number of esters is 1. The van der Waals surface area contributed by atoms with Crippen LogP contribution in [-0.4, -0.2) is 23.7 Å². The van der Waals surface area contributed by atoms with Gasteiger partial charge in [0.25, 0.3) is 5.91 Å². The van der Waals surface area contributed by atoms with Crippen molar-refractivity contribution < 1.29 is 14.3 Å². The molecule has 0 radical (unpaired) electrons. The molecule has 0 saturated heterocycles. The number of carbonyl (C=O) groups is 2. The van der Waals surface area contributed by atoms with Gasteiger partial charge in [0.15, 0.2) is 6.10 Å². The van der Waals surface area contributed by atoms with Gasteiger partial charge >= 0.3 is 5.97 Å². The fraction of sp³-hybridized carbons (Fsp3) is 0.182. The molecule has 6 heteroatoms. The molecule has 0 spiro atoms. The molecule has 3 aromatic rings. The number of hydrogen-bond acceptors (Lipinski definition) is 4. The van der Waals surface area contributed by atoms with Crippen LogP contribution in [0.4, 0.5) is 5.69 Å². The van der Waals surface area contributed by atoms with Gasteiger partial charge in [-0.1, -0.05) is 48.0 Å². The first-order valence-corrected chi connectivity index (χ1v) is 10.2. The third-order valence-electron chi connectivity index (χ3n) is 4.12.